The van der Waals surface area contributed by atoms with Crippen LogP contribution in [0.3, 0.4) is 0 Å². The maximum atomic E-state index is 12.7. The molecule has 0 bridgehead atoms. The van der Waals surface area contributed by atoms with Crippen molar-refractivity contribution in [1.29, 1.82) is 0 Å². The number of ether oxygens (including phenoxy) is 2. The predicted octanol–water partition coefficient (Wildman–Crippen LogP) is 1.44. The van der Waals surface area contributed by atoms with E-state index in [1.165, 1.54) is 6.07 Å². The Kier molecular flexibility index (Phi) is 5.25. The number of aryl methyl sites for hydroxylation is 1. The van der Waals surface area contributed by atoms with Gasteiger partial charge < -0.3 is 19.4 Å². The maximum Gasteiger partial charge on any atom is 0.254 e. The largest absolute Gasteiger partial charge is 0.380 e. The fourth-order valence-corrected chi connectivity index (χ4v) is 2.87. The zero-order chi connectivity index (χ0) is 17.8. The highest BCUT2D eigenvalue weighted by Gasteiger charge is 2.27. The number of aromatic amines is 1. The molecule has 1 aromatic heterocycles. The first-order valence-electron chi connectivity index (χ1n) is 8.13. The van der Waals surface area contributed by atoms with E-state index >= 15 is 0 Å². The maximum absolute atomic E-state index is 12.7. The third kappa shape index (κ3) is 4.12. The lowest BCUT2D eigenvalue weighted by molar-refractivity contribution is -0.0249. The van der Waals surface area contributed by atoms with Crippen LogP contribution in [0.5, 0.6) is 0 Å². The zero-order valence-electron chi connectivity index (χ0n) is 14.3. The van der Waals surface area contributed by atoms with Crippen molar-refractivity contribution >= 4 is 5.91 Å². The van der Waals surface area contributed by atoms with E-state index in [2.05, 4.69) is 9.97 Å². The lowest BCUT2D eigenvalue weighted by Crippen LogP contribution is -2.42. The van der Waals surface area contributed by atoms with Gasteiger partial charge in [-0.3, -0.25) is 9.59 Å². The minimum atomic E-state index is -0.397. The van der Waals surface area contributed by atoms with Gasteiger partial charge in [0.25, 0.3) is 11.5 Å². The molecule has 2 aromatic rings. The zero-order valence-corrected chi connectivity index (χ0v) is 14.3. The molecule has 1 amide bonds. The second-order valence-corrected chi connectivity index (χ2v) is 6.00. The summed E-state index contributed by atoms with van der Waals surface area (Å²) in [7, 11) is 1.64. The summed E-state index contributed by atoms with van der Waals surface area (Å²) >= 11 is 0. The Labute approximate surface area is 145 Å². The Morgan fingerprint density at radius 1 is 1.40 bits per heavy atom. The molecule has 1 atom stereocenters. The van der Waals surface area contributed by atoms with Crippen molar-refractivity contribution in [3.8, 4) is 0 Å². The molecule has 1 aliphatic rings. The van der Waals surface area contributed by atoms with Crippen molar-refractivity contribution in [1.82, 2.24) is 14.9 Å². The molecule has 7 heteroatoms. The average Bonchev–Trinajstić information content (AvgIpc) is 2.61. The molecular formula is C18H21N3O4. The number of rotatable bonds is 4. The number of hydrogen-bond donors (Lipinski definition) is 1. The first kappa shape index (κ1) is 17.3. The van der Waals surface area contributed by atoms with Crippen molar-refractivity contribution in [2.75, 3.05) is 26.8 Å². The lowest BCUT2D eigenvalue weighted by Gasteiger charge is -2.32. The average molecular weight is 343 g/mol. The van der Waals surface area contributed by atoms with Gasteiger partial charge in [-0.15, -0.1) is 0 Å². The summed E-state index contributed by atoms with van der Waals surface area (Å²) in [6.45, 7) is 3.53. The molecular weight excluding hydrogens is 322 g/mol. The Bertz CT molecular complexity index is 801. The lowest BCUT2D eigenvalue weighted by atomic mass is 10.1. The number of carbonyl (C=O) groups excluding carboxylic acids is 1. The summed E-state index contributed by atoms with van der Waals surface area (Å²) in [5, 5.41) is 0. The minimum Gasteiger partial charge on any atom is -0.380 e. The summed E-state index contributed by atoms with van der Waals surface area (Å²) in [5.74, 6) is 0.474. The second-order valence-electron chi connectivity index (χ2n) is 6.00. The molecule has 2 heterocycles. The van der Waals surface area contributed by atoms with E-state index in [-0.39, 0.29) is 11.5 Å². The van der Waals surface area contributed by atoms with Gasteiger partial charge in [0.1, 0.15) is 11.9 Å². The van der Waals surface area contributed by atoms with E-state index in [0.29, 0.717) is 43.4 Å². The van der Waals surface area contributed by atoms with E-state index in [0.717, 1.165) is 5.56 Å². The Balaban J connectivity index is 1.74. The van der Waals surface area contributed by atoms with Gasteiger partial charge in [0.15, 0.2) is 0 Å². The normalized spacial score (nSPS) is 17.5. The highest BCUT2D eigenvalue weighted by atomic mass is 16.5. The van der Waals surface area contributed by atoms with Crippen molar-refractivity contribution in [3.63, 3.8) is 0 Å². The predicted molar refractivity (Wildman–Crippen MR) is 91.3 cm³/mol. The molecule has 7 nitrogen and oxygen atoms in total. The number of H-pyrrole nitrogens is 1. The highest BCUT2D eigenvalue weighted by Crippen LogP contribution is 2.21. The fourth-order valence-electron chi connectivity index (χ4n) is 2.87. The first-order chi connectivity index (χ1) is 12.1. The Hall–Kier alpha value is -2.51. The monoisotopic (exact) mass is 343 g/mol. The third-order valence-corrected chi connectivity index (χ3v) is 4.08. The Morgan fingerprint density at radius 2 is 2.16 bits per heavy atom. The van der Waals surface area contributed by atoms with Crippen LogP contribution in [0, 0.1) is 6.92 Å². The molecule has 1 aliphatic heterocycles. The van der Waals surface area contributed by atoms with Crippen LogP contribution in [-0.2, 0) is 16.1 Å². The molecule has 0 spiro atoms. The summed E-state index contributed by atoms with van der Waals surface area (Å²) in [5.41, 5.74) is 1.97. The molecule has 1 aromatic carbocycles. The van der Waals surface area contributed by atoms with Crippen molar-refractivity contribution in [2.24, 2.45) is 0 Å². The smallest absolute Gasteiger partial charge is 0.254 e. The van der Waals surface area contributed by atoms with Gasteiger partial charge in [-0.25, -0.2) is 4.98 Å². The van der Waals surface area contributed by atoms with Crippen molar-refractivity contribution < 1.29 is 14.3 Å². The Morgan fingerprint density at radius 3 is 2.84 bits per heavy atom. The van der Waals surface area contributed by atoms with Gasteiger partial charge in [0.2, 0.25) is 0 Å². The number of carbonyl (C=O) groups is 1. The van der Waals surface area contributed by atoms with Crippen LogP contribution in [0.4, 0.5) is 0 Å². The molecule has 1 N–H and O–H groups in total. The van der Waals surface area contributed by atoms with E-state index in [1.807, 2.05) is 12.1 Å². The molecule has 0 saturated carbocycles. The first-order valence-corrected chi connectivity index (χ1v) is 8.13. The van der Waals surface area contributed by atoms with E-state index in [9.17, 15) is 9.59 Å². The van der Waals surface area contributed by atoms with Crippen LogP contribution in [-0.4, -0.2) is 47.6 Å². The van der Waals surface area contributed by atoms with Crippen LogP contribution >= 0.6 is 0 Å². The number of benzene rings is 1. The van der Waals surface area contributed by atoms with E-state index in [4.69, 9.17) is 9.47 Å². The van der Waals surface area contributed by atoms with Crippen LogP contribution < -0.4 is 5.56 Å². The molecule has 0 unspecified atom stereocenters. The van der Waals surface area contributed by atoms with E-state index < -0.39 is 6.10 Å². The molecule has 25 heavy (non-hydrogen) atoms. The van der Waals surface area contributed by atoms with Crippen LogP contribution in [0.1, 0.15) is 33.5 Å². The number of nitrogens with one attached hydrogen (secondary N) is 1. The van der Waals surface area contributed by atoms with Crippen LogP contribution in [0.15, 0.2) is 35.1 Å². The van der Waals surface area contributed by atoms with Gasteiger partial charge in [-0.2, -0.15) is 0 Å². The number of hydrogen-bond acceptors (Lipinski definition) is 5. The van der Waals surface area contributed by atoms with Gasteiger partial charge in [-0.1, -0.05) is 12.1 Å². The topological polar surface area (TPSA) is 84.5 Å². The van der Waals surface area contributed by atoms with Crippen molar-refractivity contribution in [3.05, 3.63) is 63.3 Å². The summed E-state index contributed by atoms with van der Waals surface area (Å²) in [6, 6.07) is 8.80. The van der Waals surface area contributed by atoms with Gasteiger partial charge >= 0.3 is 0 Å². The number of aromatic nitrogens is 2. The number of morpholine rings is 1. The number of nitrogens with zero attached hydrogens (tertiary/aromatic N) is 2. The van der Waals surface area contributed by atoms with Gasteiger partial charge in [0.05, 0.1) is 25.5 Å². The highest BCUT2D eigenvalue weighted by molar-refractivity contribution is 5.94. The SMILES string of the molecule is COCc1ccc(C(=O)N2CCO[C@H](c3cc(=O)[nH]c(C)n3)C2)cc1. The van der Waals surface area contributed by atoms with Crippen LogP contribution in [0.2, 0.25) is 0 Å². The number of amides is 1. The molecule has 0 aliphatic carbocycles. The standard InChI is InChI=1S/C18H21N3O4/c1-12-19-15(9-17(22)20-12)16-10-21(7-8-25-16)18(23)14-5-3-13(4-6-14)11-24-2/h3-6,9,16H,7-8,10-11H2,1-2H3,(H,19,20,22)/t16-/m0/s1. The summed E-state index contributed by atoms with van der Waals surface area (Å²) in [6.07, 6.45) is -0.397. The number of methoxy groups -OCH3 is 1. The third-order valence-electron chi connectivity index (χ3n) is 4.08. The van der Waals surface area contributed by atoms with Gasteiger partial charge in [0, 0.05) is 25.3 Å². The quantitative estimate of drug-likeness (QED) is 0.908. The minimum absolute atomic E-state index is 0.0566. The molecule has 3 rings (SSSR count). The molecule has 132 valence electrons. The van der Waals surface area contributed by atoms with Crippen molar-refractivity contribution in [2.45, 2.75) is 19.6 Å². The van der Waals surface area contributed by atoms with Gasteiger partial charge in [-0.05, 0) is 24.6 Å². The fraction of sp³-hybridized carbons (Fsp3) is 0.389. The molecule has 1 fully saturated rings. The van der Waals surface area contributed by atoms with Crippen LogP contribution in [0.25, 0.3) is 0 Å². The second kappa shape index (κ2) is 7.58. The molecule has 0 radical (unpaired) electrons. The summed E-state index contributed by atoms with van der Waals surface area (Å²) < 4.78 is 10.8. The van der Waals surface area contributed by atoms with E-state index in [1.54, 1.807) is 31.1 Å². The summed E-state index contributed by atoms with van der Waals surface area (Å²) in [4.78, 5) is 33.0. The molecule has 1 saturated heterocycles.